The van der Waals surface area contributed by atoms with E-state index >= 15 is 0 Å². The molecule has 0 aliphatic carbocycles. The van der Waals surface area contributed by atoms with E-state index in [4.69, 9.17) is 4.74 Å². The van der Waals surface area contributed by atoms with Crippen molar-refractivity contribution in [1.82, 2.24) is 20.1 Å². The number of hydrogen-bond acceptors (Lipinski definition) is 4. The number of halogens is 1. The Balaban J connectivity index is 1.46. The molecule has 1 aromatic heterocycles. The van der Waals surface area contributed by atoms with Crippen molar-refractivity contribution in [1.29, 1.82) is 0 Å². The minimum Gasteiger partial charge on any atom is -0.455 e. The molecule has 2 heterocycles. The van der Waals surface area contributed by atoms with Crippen LogP contribution in [0.3, 0.4) is 0 Å². The monoisotopic (exact) mass is 395 g/mol. The predicted octanol–water partition coefficient (Wildman–Crippen LogP) is 4.43. The highest BCUT2D eigenvalue weighted by Gasteiger charge is 2.25. The van der Waals surface area contributed by atoms with Crippen LogP contribution in [0.1, 0.15) is 37.5 Å². The van der Waals surface area contributed by atoms with Gasteiger partial charge in [0.2, 0.25) is 0 Å². The lowest BCUT2D eigenvalue weighted by Gasteiger charge is -2.23. The summed E-state index contributed by atoms with van der Waals surface area (Å²) in [7, 11) is 0. The molecule has 2 amide bonds. The number of carbonyl (C=O) groups is 1. The Morgan fingerprint density at radius 1 is 1.28 bits per heavy atom. The Kier molecular flexibility index (Phi) is 5.41. The molecule has 0 radical (unpaired) electrons. The van der Waals surface area contributed by atoms with Gasteiger partial charge in [-0.1, -0.05) is 25.1 Å². The van der Waals surface area contributed by atoms with E-state index in [0.29, 0.717) is 17.2 Å². The number of anilines is 1. The molecular formula is C21H22FN5O2. The molecule has 1 aliphatic rings. The van der Waals surface area contributed by atoms with E-state index < -0.39 is 5.82 Å². The van der Waals surface area contributed by atoms with Crippen LogP contribution >= 0.6 is 0 Å². The lowest BCUT2D eigenvalue weighted by atomic mass is 10.1. The van der Waals surface area contributed by atoms with Crippen molar-refractivity contribution in [3.05, 3.63) is 66.0 Å². The van der Waals surface area contributed by atoms with Crippen LogP contribution in [0, 0.1) is 5.82 Å². The van der Waals surface area contributed by atoms with Gasteiger partial charge >= 0.3 is 6.03 Å². The fourth-order valence-corrected chi connectivity index (χ4v) is 3.32. The van der Waals surface area contributed by atoms with Gasteiger partial charge in [0, 0.05) is 19.0 Å². The zero-order valence-corrected chi connectivity index (χ0v) is 16.1. The molecule has 3 aromatic rings. The van der Waals surface area contributed by atoms with Crippen LogP contribution in [0.15, 0.2) is 48.5 Å². The highest BCUT2D eigenvalue weighted by molar-refractivity contribution is 5.91. The zero-order valence-electron chi connectivity index (χ0n) is 16.1. The molecule has 0 spiro atoms. The maximum absolute atomic E-state index is 13.4. The molecule has 2 aromatic carbocycles. The summed E-state index contributed by atoms with van der Waals surface area (Å²) in [4.78, 5) is 17.2. The molecule has 7 nitrogen and oxygen atoms in total. The van der Waals surface area contributed by atoms with Crippen molar-refractivity contribution in [3.8, 4) is 11.5 Å². The number of fused-ring (bicyclic) bond motifs is 1. The number of urea groups is 1. The first-order valence-electron chi connectivity index (χ1n) is 9.66. The Bertz CT molecular complexity index is 1020. The fraction of sp³-hybridized carbons (Fsp3) is 0.286. The van der Waals surface area contributed by atoms with Gasteiger partial charge in [0.1, 0.15) is 17.4 Å². The van der Waals surface area contributed by atoms with Gasteiger partial charge in [-0.2, -0.15) is 5.10 Å². The number of nitrogens with zero attached hydrogens (tertiary/aromatic N) is 3. The summed E-state index contributed by atoms with van der Waals surface area (Å²) in [5.41, 5.74) is 0.487. The van der Waals surface area contributed by atoms with E-state index in [9.17, 15) is 9.18 Å². The van der Waals surface area contributed by atoms with Crippen LogP contribution in [-0.4, -0.2) is 20.8 Å². The number of hydrogen-bond donors (Lipinski definition) is 2. The Morgan fingerprint density at radius 2 is 2.14 bits per heavy atom. The fourth-order valence-electron chi connectivity index (χ4n) is 3.32. The average molecular weight is 395 g/mol. The first-order valence-corrected chi connectivity index (χ1v) is 9.66. The van der Waals surface area contributed by atoms with Gasteiger partial charge in [-0.15, -0.1) is 0 Å². The normalized spacial score (nSPS) is 15.4. The number of benzene rings is 2. The Hall–Kier alpha value is -3.42. The van der Waals surface area contributed by atoms with Crippen LogP contribution < -0.4 is 15.4 Å². The maximum atomic E-state index is 13.4. The van der Waals surface area contributed by atoms with E-state index in [1.165, 1.54) is 12.1 Å². The van der Waals surface area contributed by atoms with Crippen LogP contribution in [0.25, 0.3) is 0 Å². The predicted molar refractivity (Wildman–Crippen MR) is 106 cm³/mol. The van der Waals surface area contributed by atoms with E-state index in [-0.39, 0.29) is 12.1 Å². The number of amides is 2. The number of aryl methyl sites for hydroxylation is 2. The first-order chi connectivity index (χ1) is 14.1. The minimum absolute atomic E-state index is 0.201. The molecule has 0 fully saturated rings. The van der Waals surface area contributed by atoms with Crippen LogP contribution in [-0.2, 0) is 13.0 Å². The number of aromatic nitrogens is 3. The molecular weight excluding hydrogens is 373 g/mol. The van der Waals surface area contributed by atoms with Crippen molar-refractivity contribution in [2.24, 2.45) is 0 Å². The number of nitrogens with one attached hydrogen (secondary N) is 2. The van der Waals surface area contributed by atoms with Gasteiger partial charge in [-0.25, -0.2) is 18.9 Å². The SMILES string of the molecule is CCc1nc2n(n1)CCCC2NC(=O)Nc1ccccc1Oc1cccc(F)c1. The second-order valence-corrected chi connectivity index (χ2v) is 6.81. The van der Waals surface area contributed by atoms with Gasteiger partial charge in [-0.05, 0) is 37.1 Å². The number of ether oxygens (including phenoxy) is 1. The summed E-state index contributed by atoms with van der Waals surface area (Å²) in [5, 5.41) is 10.3. The minimum atomic E-state index is -0.390. The summed E-state index contributed by atoms with van der Waals surface area (Å²) in [6.45, 7) is 2.82. The molecule has 8 heteroatoms. The third kappa shape index (κ3) is 4.37. The van der Waals surface area contributed by atoms with Gasteiger partial charge in [0.05, 0.1) is 11.7 Å². The number of para-hydroxylation sites is 2. The average Bonchev–Trinajstić information content (AvgIpc) is 3.14. The zero-order chi connectivity index (χ0) is 20.2. The molecule has 150 valence electrons. The van der Waals surface area contributed by atoms with Gasteiger partial charge in [-0.3, -0.25) is 0 Å². The van der Waals surface area contributed by atoms with E-state index in [0.717, 1.165) is 37.5 Å². The molecule has 2 N–H and O–H groups in total. The summed E-state index contributed by atoms with van der Waals surface area (Å²) >= 11 is 0. The van der Waals surface area contributed by atoms with Crippen LogP contribution in [0.5, 0.6) is 11.5 Å². The van der Waals surface area contributed by atoms with Crippen molar-refractivity contribution in [3.63, 3.8) is 0 Å². The second kappa shape index (κ2) is 8.30. The largest absolute Gasteiger partial charge is 0.455 e. The molecule has 1 aliphatic heterocycles. The smallest absolute Gasteiger partial charge is 0.319 e. The summed E-state index contributed by atoms with van der Waals surface area (Å²) < 4.78 is 21.0. The third-order valence-corrected chi connectivity index (χ3v) is 4.70. The lowest BCUT2D eigenvalue weighted by Crippen LogP contribution is -2.36. The molecule has 0 bridgehead atoms. The topological polar surface area (TPSA) is 81.1 Å². The maximum Gasteiger partial charge on any atom is 0.319 e. The molecule has 0 saturated heterocycles. The standard InChI is InChI=1S/C21H22FN5O2/c1-2-19-25-20-17(10-6-12-27(20)26-19)24-21(28)23-16-9-3-4-11-18(16)29-15-8-5-7-14(22)13-15/h3-5,7-9,11,13,17H,2,6,10,12H2,1H3,(H2,23,24,28). The van der Waals surface area contributed by atoms with Crippen molar-refractivity contribution < 1.29 is 13.9 Å². The van der Waals surface area contributed by atoms with Crippen molar-refractivity contribution in [2.45, 2.75) is 38.8 Å². The molecule has 4 rings (SSSR count). The number of carbonyl (C=O) groups excluding carboxylic acids is 1. The Labute approximate surface area is 167 Å². The molecule has 1 unspecified atom stereocenters. The van der Waals surface area contributed by atoms with Crippen molar-refractivity contribution >= 4 is 11.7 Å². The highest BCUT2D eigenvalue weighted by atomic mass is 19.1. The third-order valence-electron chi connectivity index (χ3n) is 4.70. The lowest BCUT2D eigenvalue weighted by molar-refractivity contribution is 0.244. The molecule has 1 atom stereocenters. The quantitative estimate of drug-likeness (QED) is 0.670. The van der Waals surface area contributed by atoms with Gasteiger partial charge in [0.15, 0.2) is 11.6 Å². The van der Waals surface area contributed by atoms with Crippen molar-refractivity contribution in [2.75, 3.05) is 5.32 Å². The summed E-state index contributed by atoms with van der Waals surface area (Å²) in [6, 6.07) is 12.3. The van der Waals surface area contributed by atoms with Crippen LogP contribution in [0.4, 0.5) is 14.9 Å². The molecule has 29 heavy (non-hydrogen) atoms. The van der Waals surface area contributed by atoms with Gasteiger partial charge < -0.3 is 15.4 Å². The molecule has 0 saturated carbocycles. The first kappa shape index (κ1) is 18.9. The van der Waals surface area contributed by atoms with Gasteiger partial charge in [0.25, 0.3) is 0 Å². The number of rotatable bonds is 5. The highest BCUT2D eigenvalue weighted by Crippen LogP contribution is 2.30. The van der Waals surface area contributed by atoms with E-state index in [1.54, 1.807) is 36.4 Å². The Morgan fingerprint density at radius 3 is 2.97 bits per heavy atom. The van der Waals surface area contributed by atoms with Crippen LogP contribution in [0.2, 0.25) is 0 Å². The second-order valence-electron chi connectivity index (χ2n) is 6.81. The summed E-state index contributed by atoms with van der Waals surface area (Å²) in [6.07, 6.45) is 2.48. The van der Waals surface area contributed by atoms with E-state index in [1.807, 2.05) is 11.6 Å². The van der Waals surface area contributed by atoms with E-state index in [2.05, 4.69) is 20.7 Å². The summed E-state index contributed by atoms with van der Waals surface area (Å²) in [5.74, 6) is 1.95.